The average molecular weight is 709 g/mol. The first-order valence-electron chi connectivity index (χ1n) is 20.3. The molecule has 2 N–H and O–H groups in total. The third-order valence-corrected chi connectivity index (χ3v) is 16.4. The first kappa shape index (κ1) is 38.5. The summed E-state index contributed by atoms with van der Waals surface area (Å²) < 4.78 is 6.17. The van der Waals surface area contributed by atoms with Crippen molar-refractivity contribution in [1.82, 2.24) is 10.2 Å². The number of nitrogens with one attached hydrogen (secondary N) is 1. The highest BCUT2D eigenvalue weighted by molar-refractivity contribution is 6.02. The molecule has 1 amide bonds. The number of amides is 1. The van der Waals surface area contributed by atoms with Crippen LogP contribution in [0.3, 0.4) is 0 Å². The second kappa shape index (κ2) is 12.7. The Labute approximate surface area is 307 Å². The Kier molecular flexibility index (Phi) is 9.58. The molecule has 9 atom stereocenters. The number of ketones is 1. The van der Waals surface area contributed by atoms with Crippen LogP contribution in [0.2, 0.25) is 0 Å². The Morgan fingerprint density at radius 3 is 2.22 bits per heavy atom. The van der Waals surface area contributed by atoms with Crippen LogP contribution in [0.4, 0.5) is 0 Å². The molecule has 1 aliphatic heterocycles. The summed E-state index contributed by atoms with van der Waals surface area (Å²) in [4.78, 5) is 55.4. The predicted molar refractivity (Wildman–Crippen MR) is 199 cm³/mol. The van der Waals surface area contributed by atoms with E-state index in [0.29, 0.717) is 24.3 Å². The lowest BCUT2D eigenvalue weighted by Gasteiger charge is -2.72. The molecule has 1 heterocycles. The van der Waals surface area contributed by atoms with Crippen molar-refractivity contribution in [3.63, 3.8) is 0 Å². The van der Waals surface area contributed by atoms with E-state index in [-0.39, 0.29) is 63.8 Å². The maximum atomic E-state index is 14.2. The van der Waals surface area contributed by atoms with Gasteiger partial charge in [-0.2, -0.15) is 0 Å². The standard InChI is InChI=1S/C43H68N2O6/c1-25(2)34-29(46)23-43(44-36(48)28-13-12-22-45(28)26(3)4)21-20-41(10)27(35(34)43)14-15-31-40(9)18-17-32(51-33(47)24-38(5,6)37(49)50)39(7,8)30(40)16-19-42(31,41)11/h25-28,30-32H,12-24H2,1-11H3,(H,44,48)(H,49,50)/t27?,28-,30?,31?,32-,40-,41+,42+,43+/m0/s1. The number of rotatable bonds is 8. The summed E-state index contributed by atoms with van der Waals surface area (Å²) in [6.07, 6.45) is 9.78. The molecule has 0 aromatic carbocycles. The maximum Gasteiger partial charge on any atom is 0.309 e. The van der Waals surface area contributed by atoms with Crippen LogP contribution in [0.25, 0.3) is 0 Å². The zero-order chi connectivity index (χ0) is 37.7. The number of ether oxygens (including phenoxy) is 1. The van der Waals surface area contributed by atoms with Gasteiger partial charge in [0.15, 0.2) is 5.78 Å². The van der Waals surface area contributed by atoms with Crippen LogP contribution in [0.15, 0.2) is 11.1 Å². The lowest BCUT2D eigenvalue weighted by atomic mass is 9.33. The Hall–Kier alpha value is -2.22. The van der Waals surface area contributed by atoms with Gasteiger partial charge in [-0.15, -0.1) is 0 Å². The largest absolute Gasteiger partial charge is 0.481 e. The molecular weight excluding hydrogens is 640 g/mol. The molecule has 6 rings (SSSR count). The smallest absolute Gasteiger partial charge is 0.309 e. The minimum Gasteiger partial charge on any atom is -0.481 e. The maximum absolute atomic E-state index is 14.2. The Bertz CT molecular complexity index is 1490. The third kappa shape index (κ3) is 5.77. The van der Waals surface area contributed by atoms with Crippen molar-refractivity contribution in [1.29, 1.82) is 0 Å². The molecule has 0 aromatic rings. The molecule has 4 saturated carbocycles. The van der Waals surface area contributed by atoms with Gasteiger partial charge in [0, 0.05) is 17.9 Å². The van der Waals surface area contributed by atoms with Crippen LogP contribution in [-0.2, 0) is 23.9 Å². The zero-order valence-corrected chi connectivity index (χ0v) is 33.7. The van der Waals surface area contributed by atoms with Gasteiger partial charge in [-0.3, -0.25) is 24.1 Å². The van der Waals surface area contributed by atoms with Gasteiger partial charge < -0.3 is 15.2 Å². The topological polar surface area (TPSA) is 113 Å². The molecule has 8 nitrogen and oxygen atoms in total. The van der Waals surface area contributed by atoms with Crippen molar-refractivity contribution in [2.75, 3.05) is 6.54 Å². The number of allylic oxidation sites excluding steroid dienone is 1. The molecule has 0 bridgehead atoms. The fourth-order valence-corrected chi connectivity index (χ4v) is 13.6. The minimum atomic E-state index is -1.16. The number of hydrogen-bond acceptors (Lipinski definition) is 6. The second-order valence-corrected chi connectivity index (χ2v) is 20.5. The van der Waals surface area contributed by atoms with Crippen molar-refractivity contribution < 1.29 is 29.0 Å². The number of carbonyl (C=O) groups is 4. The molecule has 51 heavy (non-hydrogen) atoms. The van der Waals surface area contributed by atoms with Crippen LogP contribution in [-0.4, -0.2) is 63.9 Å². The van der Waals surface area contributed by atoms with Gasteiger partial charge in [-0.25, -0.2) is 0 Å². The molecular formula is C43H68N2O6. The molecule has 0 spiro atoms. The molecule has 8 heteroatoms. The molecule has 286 valence electrons. The zero-order valence-electron chi connectivity index (χ0n) is 33.7. The molecule has 3 unspecified atom stereocenters. The van der Waals surface area contributed by atoms with Crippen LogP contribution >= 0.6 is 0 Å². The van der Waals surface area contributed by atoms with Crippen LogP contribution < -0.4 is 5.32 Å². The number of aliphatic carboxylic acids is 1. The SMILES string of the molecule is CC(C)C1=C2C3CCC4[C@@]5(C)CC[C@H](OC(=O)CC(C)(C)C(=O)O)C(C)(C)C5CC[C@@]4(C)[C@]3(C)CC[C@@]2(NC(=O)[C@@H]2CCCN2C(C)C)CC1=O. The van der Waals surface area contributed by atoms with Crippen molar-refractivity contribution in [3.05, 3.63) is 11.1 Å². The van der Waals surface area contributed by atoms with Gasteiger partial charge in [0.25, 0.3) is 0 Å². The lowest BCUT2D eigenvalue weighted by molar-refractivity contribution is -0.232. The summed E-state index contributed by atoms with van der Waals surface area (Å²) in [6, 6.07) is 0.182. The summed E-state index contributed by atoms with van der Waals surface area (Å²) in [5, 5.41) is 13.2. The van der Waals surface area contributed by atoms with Crippen LogP contribution in [0.1, 0.15) is 153 Å². The Balaban J connectivity index is 1.29. The lowest BCUT2D eigenvalue weighted by Crippen LogP contribution is -2.67. The molecule has 6 aliphatic rings. The van der Waals surface area contributed by atoms with Crippen molar-refractivity contribution in [2.24, 2.45) is 50.7 Å². The van der Waals surface area contributed by atoms with Gasteiger partial charge in [-0.1, -0.05) is 48.5 Å². The van der Waals surface area contributed by atoms with E-state index in [1.807, 2.05) is 0 Å². The van der Waals surface area contributed by atoms with Gasteiger partial charge in [0.2, 0.25) is 5.91 Å². The summed E-state index contributed by atoms with van der Waals surface area (Å²) in [6.45, 7) is 25.0. The third-order valence-electron chi connectivity index (χ3n) is 16.4. The fourth-order valence-electron chi connectivity index (χ4n) is 13.6. The average Bonchev–Trinajstić information content (AvgIpc) is 3.62. The number of fused-ring (bicyclic) bond motifs is 7. The normalized spacial score (nSPS) is 40.8. The minimum absolute atomic E-state index is 0.00852. The molecule has 0 aromatic heterocycles. The number of nitrogens with zero attached hydrogens (tertiary/aromatic N) is 1. The number of carbonyl (C=O) groups excluding carboxylic acids is 3. The van der Waals surface area contributed by atoms with Crippen LogP contribution in [0.5, 0.6) is 0 Å². The molecule has 0 radical (unpaired) electrons. The second-order valence-electron chi connectivity index (χ2n) is 20.5. The van der Waals surface area contributed by atoms with E-state index in [9.17, 15) is 24.3 Å². The highest BCUT2D eigenvalue weighted by Gasteiger charge is 2.70. The fraction of sp³-hybridized carbons (Fsp3) is 0.860. The number of Topliss-reactive ketones (excluding diaryl/α,β-unsaturated/α-hetero) is 1. The number of carboxylic acids is 1. The van der Waals surface area contributed by atoms with E-state index in [1.165, 1.54) is 5.57 Å². The summed E-state index contributed by atoms with van der Waals surface area (Å²) in [5.74, 6) is 0.180. The molecule has 5 fully saturated rings. The monoisotopic (exact) mass is 709 g/mol. The Morgan fingerprint density at radius 1 is 0.902 bits per heavy atom. The van der Waals surface area contributed by atoms with Gasteiger partial charge >= 0.3 is 11.9 Å². The quantitative estimate of drug-likeness (QED) is 0.245. The Morgan fingerprint density at radius 2 is 1.59 bits per heavy atom. The van der Waals surface area contributed by atoms with Crippen molar-refractivity contribution in [3.8, 4) is 0 Å². The molecule has 1 saturated heterocycles. The number of hydrogen-bond donors (Lipinski definition) is 2. The van der Waals surface area contributed by atoms with E-state index in [2.05, 4.69) is 72.5 Å². The number of esters is 1. The summed E-state index contributed by atoms with van der Waals surface area (Å²) in [5.41, 5.74) is 0.420. The summed E-state index contributed by atoms with van der Waals surface area (Å²) >= 11 is 0. The van der Waals surface area contributed by atoms with Crippen molar-refractivity contribution >= 4 is 23.6 Å². The number of likely N-dealkylation sites (tertiary alicyclic amines) is 1. The highest BCUT2D eigenvalue weighted by atomic mass is 16.5. The van der Waals surface area contributed by atoms with E-state index in [0.717, 1.165) is 76.3 Å². The highest BCUT2D eigenvalue weighted by Crippen LogP contribution is 2.76. The van der Waals surface area contributed by atoms with E-state index < -0.39 is 22.9 Å². The first-order valence-corrected chi connectivity index (χ1v) is 20.3. The van der Waals surface area contributed by atoms with Gasteiger partial charge in [0.05, 0.1) is 23.4 Å². The first-order chi connectivity index (χ1) is 23.6. The van der Waals surface area contributed by atoms with Gasteiger partial charge in [-0.05, 0) is 150 Å². The summed E-state index contributed by atoms with van der Waals surface area (Å²) in [7, 11) is 0. The van der Waals surface area contributed by atoms with Gasteiger partial charge in [0.1, 0.15) is 6.10 Å². The van der Waals surface area contributed by atoms with Crippen molar-refractivity contribution in [2.45, 2.75) is 177 Å². The van der Waals surface area contributed by atoms with Crippen LogP contribution in [0, 0.1) is 50.7 Å². The van der Waals surface area contributed by atoms with E-state index in [4.69, 9.17) is 4.74 Å². The predicted octanol–water partition coefficient (Wildman–Crippen LogP) is 8.12. The number of carboxylic acid groups (broad SMARTS) is 1. The van der Waals surface area contributed by atoms with E-state index >= 15 is 0 Å². The molecule has 5 aliphatic carbocycles. The van der Waals surface area contributed by atoms with E-state index in [1.54, 1.807) is 13.8 Å².